The van der Waals surface area contributed by atoms with E-state index in [1.54, 1.807) is 10.3 Å². The first-order valence-electron chi connectivity index (χ1n) is 10.6. The van der Waals surface area contributed by atoms with Crippen molar-refractivity contribution in [2.45, 2.75) is 51.2 Å². The molecule has 0 saturated heterocycles. The van der Waals surface area contributed by atoms with E-state index < -0.39 is 6.04 Å². The van der Waals surface area contributed by atoms with Gasteiger partial charge in [0.25, 0.3) is 5.91 Å². The van der Waals surface area contributed by atoms with Gasteiger partial charge in [-0.25, -0.2) is 0 Å². The fourth-order valence-electron chi connectivity index (χ4n) is 3.62. The molecule has 1 heterocycles. The molecule has 7 heteroatoms. The maximum atomic E-state index is 13.4. The van der Waals surface area contributed by atoms with Gasteiger partial charge in [0.2, 0.25) is 5.91 Å². The largest absolute Gasteiger partial charge is 0.350 e. The smallest absolute Gasteiger partial charge is 0.276 e. The highest BCUT2D eigenvalue weighted by Crippen LogP contribution is 2.36. The molecular weight excluding hydrogens is 408 g/mol. The molecular formula is C24H26N4O2S. The molecule has 1 aliphatic rings. The first kappa shape index (κ1) is 21.2. The van der Waals surface area contributed by atoms with Crippen molar-refractivity contribution in [1.29, 1.82) is 0 Å². The highest BCUT2D eigenvalue weighted by Gasteiger charge is 2.42. The summed E-state index contributed by atoms with van der Waals surface area (Å²) in [5.41, 5.74) is 3.30. The number of nitrogens with one attached hydrogen (secondary N) is 1. The van der Waals surface area contributed by atoms with E-state index in [0.29, 0.717) is 12.5 Å². The van der Waals surface area contributed by atoms with Crippen LogP contribution in [-0.4, -0.2) is 32.3 Å². The molecule has 3 aromatic rings. The van der Waals surface area contributed by atoms with Gasteiger partial charge in [0.15, 0.2) is 5.69 Å². The summed E-state index contributed by atoms with van der Waals surface area (Å²) >= 11 is 1.14. The van der Waals surface area contributed by atoms with E-state index in [-0.39, 0.29) is 23.6 Å². The zero-order chi connectivity index (χ0) is 21.8. The minimum Gasteiger partial charge on any atom is -0.350 e. The topological polar surface area (TPSA) is 75.2 Å². The van der Waals surface area contributed by atoms with Gasteiger partial charge in [0.1, 0.15) is 6.04 Å². The fraction of sp³-hybridized carbons (Fsp3) is 0.333. The van der Waals surface area contributed by atoms with E-state index in [1.165, 1.54) is 5.56 Å². The number of carbonyl (C=O) groups excluding carboxylic acids is 2. The summed E-state index contributed by atoms with van der Waals surface area (Å²) in [6.07, 6.45) is 1.77. The highest BCUT2D eigenvalue weighted by molar-refractivity contribution is 7.03. The van der Waals surface area contributed by atoms with E-state index in [1.807, 2.05) is 54.6 Å². The van der Waals surface area contributed by atoms with E-state index in [4.69, 9.17) is 0 Å². The van der Waals surface area contributed by atoms with Crippen LogP contribution in [0.25, 0.3) is 0 Å². The maximum absolute atomic E-state index is 13.4. The van der Waals surface area contributed by atoms with Crippen LogP contribution >= 0.6 is 11.5 Å². The molecule has 1 atom stereocenters. The van der Waals surface area contributed by atoms with Crippen molar-refractivity contribution >= 4 is 23.3 Å². The fourth-order valence-corrected chi connectivity index (χ4v) is 4.05. The van der Waals surface area contributed by atoms with Crippen molar-refractivity contribution in [2.24, 2.45) is 0 Å². The first-order chi connectivity index (χ1) is 15.0. The molecule has 1 N–H and O–H groups in total. The predicted octanol–water partition coefficient (Wildman–Crippen LogP) is 4.32. The molecule has 0 bridgehead atoms. The zero-order valence-electron chi connectivity index (χ0n) is 17.7. The van der Waals surface area contributed by atoms with E-state index in [2.05, 4.69) is 28.8 Å². The first-order valence-corrected chi connectivity index (χ1v) is 11.4. The second-order valence-electron chi connectivity index (χ2n) is 8.16. The predicted molar refractivity (Wildman–Crippen MR) is 121 cm³/mol. The van der Waals surface area contributed by atoms with Crippen LogP contribution < -0.4 is 5.32 Å². The van der Waals surface area contributed by atoms with Gasteiger partial charge in [-0.1, -0.05) is 72.9 Å². The Morgan fingerprint density at radius 2 is 1.74 bits per heavy atom. The number of hydrogen-bond donors (Lipinski definition) is 1. The molecule has 4 rings (SSSR count). The van der Waals surface area contributed by atoms with Gasteiger partial charge in [-0.05, 0) is 47.0 Å². The lowest BCUT2D eigenvalue weighted by atomic mass is 9.97. The molecule has 1 saturated carbocycles. The SMILES string of the molecule is CC(C)c1ccc(C(C(=O)NCc2ccccc2)N(C(=O)c2csnn2)C2CC2)cc1. The van der Waals surface area contributed by atoms with Crippen LogP contribution in [0.4, 0.5) is 0 Å². The number of hydrogen-bond acceptors (Lipinski definition) is 5. The Bertz CT molecular complexity index is 1020. The highest BCUT2D eigenvalue weighted by atomic mass is 32.1. The Morgan fingerprint density at radius 3 is 2.32 bits per heavy atom. The van der Waals surface area contributed by atoms with Crippen molar-refractivity contribution in [2.75, 3.05) is 0 Å². The van der Waals surface area contributed by atoms with E-state index in [0.717, 1.165) is 35.5 Å². The van der Waals surface area contributed by atoms with Crippen molar-refractivity contribution < 1.29 is 9.59 Å². The Morgan fingerprint density at radius 1 is 1.06 bits per heavy atom. The normalized spacial score (nSPS) is 14.3. The average molecular weight is 435 g/mol. The second-order valence-corrected chi connectivity index (χ2v) is 8.77. The molecule has 0 radical (unpaired) electrons. The summed E-state index contributed by atoms with van der Waals surface area (Å²) in [5.74, 6) is -0.0460. The van der Waals surface area contributed by atoms with Crippen LogP contribution in [0.1, 0.15) is 65.8 Å². The van der Waals surface area contributed by atoms with Gasteiger partial charge in [-0.2, -0.15) is 0 Å². The zero-order valence-corrected chi connectivity index (χ0v) is 18.5. The van der Waals surface area contributed by atoms with Crippen LogP contribution in [0.15, 0.2) is 60.0 Å². The molecule has 1 unspecified atom stereocenters. The number of rotatable bonds is 8. The lowest BCUT2D eigenvalue weighted by Gasteiger charge is -2.31. The van der Waals surface area contributed by atoms with Crippen LogP contribution in [-0.2, 0) is 11.3 Å². The van der Waals surface area contributed by atoms with Gasteiger partial charge >= 0.3 is 0 Å². The molecule has 160 valence electrons. The number of benzene rings is 2. The third-order valence-corrected chi connectivity index (χ3v) is 6.01. The molecule has 1 aromatic heterocycles. The third kappa shape index (κ3) is 4.99. The lowest BCUT2D eigenvalue weighted by Crippen LogP contribution is -2.45. The van der Waals surface area contributed by atoms with Gasteiger partial charge in [0.05, 0.1) is 0 Å². The lowest BCUT2D eigenvalue weighted by molar-refractivity contribution is -0.126. The molecule has 6 nitrogen and oxygen atoms in total. The molecule has 0 aliphatic heterocycles. The molecule has 1 aliphatic carbocycles. The van der Waals surface area contributed by atoms with Crippen molar-refractivity contribution in [3.8, 4) is 0 Å². The Hall–Kier alpha value is -3.06. The summed E-state index contributed by atoms with van der Waals surface area (Å²) in [6.45, 7) is 4.67. The minimum absolute atomic E-state index is 0.0338. The number of aromatic nitrogens is 2. The molecule has 2 aromatic carbocycles. The standard InChI is InChI=1S/C24H26N4O2S/c1-16(2)18-8-10-19(11-9-18)22(23(29)25-14-17-6-4-3-5-7-17)28(20-12-13-20)24(30)21-15-31-27-26-21/h3-11,15-16,20,22H,12-14H2,1-2H3,(H,25,29). The summed E-state index contributed by atoms with van der Waals surface area (Å²) in [7, 11) is 0. The van der Waals surface area contributed by atoms with Crippen molar-refractivity contribution in [3.05, 3.63) is 82.4 Å². The third-order valence-electron chi connectivity index (χ3n) is 5.51. The Balaban J connectivity index is 1.65. The molecule has 1 fully saturated rings. The van der Waals surface area contributed by atoms with Gasteiger partial charge < -0.3 is 10.2 Å². The van der Waals surface area contributed by atoms with Crippen LogP contribution in [0.5, 0.6) is 0 Å². The average Bonchev–Trinajstić information content (AvgIpc) is 3.47. The van der Waals surface area contributed by atoms with Crippen molar-refractivity contribution in [1.82, 2.24) is 19.8 Å². The summed E-state index contributed by atoms with van der Waals surface area (Å²) in [6, 6.07) is 17.1. The van der Waals surface area contributed by atoms with E-state index in [9.17, 15) is 9.59 Å². The molecule has 0 spiro atoms. The van der Waals surface area contributed by atoms with E-state index >= 15 is 0 Å². The molecule has 31 heavy (non-hydrogen) atoms. The van der Waals surface area contributed by atoms with Gasteiger partial charge in [0, 0.05) is 18.0 Å². The monoisotopic (exact) mass is 434 g/mol. The van der Waals surface area contributed by atoms with Gasteiger partial charge in [-0.3, -0.25) is 9.59 Å². The summed E-state index contributed by atoms with van der Waals surface area (Å²) in [4.78, 5) is 28.4. The summed E-state index contributed by atoms with van der Waals surface area (Å²) < 4.78 is 3.83. The summed E-state index contributed by atoms with van der Waals surface area (Å²) in [5, 5.41) is 8.63. The Kier molecular flexibility index (Phi) is 6.42. The van der Waals surface area contributed by atoms with Gasteiger partial charge in [-0.15, -0.1) is 5.10 Å². The maximum Gasteiger partial charge on any atom is 0.276 e. The second kappa shape index (κ2) is 9.39. The number of carbonyl (C=O) groups is 2. The number of amides is 2. The quantitative estimate of drug-likeness (QED) is 0.573. The van der Waals surface area contributed by atoms with Crippen LogP contribution in [0.2, 0.25) is 0 Å². The Labute approximate surface area is 186 Å². The minimum atomic E-state index is -0.716. The van der Waals surface area contributed by atoms with Crippen LogP contribution in [0.3, 0.4) is 0 Å². The number of nitrogens with zero attached hydrogens (tertiary/aromatic N) is 3. The van der Waals surface area contributed by atoms with Crippen molar-refractivity contribution in [3.63, 3.8) is 0 Å². The molecule has 2 amide bonds. The van der Waals surface area contributed by atoms with Crippen LogP contribution in [0, 0.1) is 0 Å².